The fourth-order valence-corrected chi connectivity index (χ4v) is 4.84. The van der Waals surface area contributed by atoms with Gasteiger partial charge < -0.3 is 19.9 Å². The maximum Gasteiger partial charge on any atom is 0.334 e. The van der Waals surface area contributed by atoms with Gasteiger partial charge in [-0.3, -0.25) is 9.59 Å². The minimum Gasteiger partial charge on any atom is -0.367 e. The van der Waals surface area contributed by atoms with Crippen LogP contribution in [0, 0.1) is 24.7 Å². The molecule has 0 spiro atoms. The molecule has 196 valence electrons. The molecule has 2 atom stereocenters. The van der Waals surface area contributed by atoms with Crippen molar-refractivity contribution < 1.29 is 19.1 Å². The number of hydrazine groups is 1. The summed E-state index contributed by atoms with van der Waals surface area (Å²) in [6.45, 7) is 1.03. The number of terminal acetylenes is 2. The number of ether oxygens (including phenoxy) is 1. The van der Waals surface area contributed by atoms with Crippen LogP contribution in [-0.4, -0.2) is 89.3 Å². The van der Waals surface area contributed by atoms with Gasteiger partial charge in [0.05, 0.1) is 26.2 Å². The van der Waals surface area contributed by atoms with Crippen LogP contribution < -0.4 is 5.32 Å². The van der Waals surface area contributed by atoms with Crippen molar-refractivity contribution in [1.29, 1.82) is 0 Å². The van der Waals surface area contributed by atoms with E-state index in [0.717, 1.165) is 11.1 Å². The normalized spacial score (nSPS) is 19.5. The van der Waals surface area contributed by atoms with Gasteiger partial charge in [-0.1, -0.05) is 72.5 Å². The van der Waals surface area contributed by atoms with Gasteiger partial charge in [0.15, 0.2) is 0 Å². The van der Waals surface area contributed by atoms with Gasteiger partial charge in [0.25, 0.3) is 0 Å². The summed E-state index contributed by atoms with van der Waals surface area (Å²) in [5.41, 5.74) is 1.84. The Balaban J connectivity index is 1.63. The third-order valence-electron chi connectivity index (χ3n) is 6.56. The zero-order chi connectivity index (χ0) is 26.9. The summed E-state index contributed by atoms with van der Waals surface area (Å²) < 4.78 is 5.43. The van der Waals surface area contributed by atoms with Crippen LogP contribution in [0.25, 0.3) is 0 Å². The summed E-state index contributed by atoms with van der Waals surface area (Å²) in [6, 6.07) is 17.9. The molecule has 4 amide bonds. The number of amides is 4. The summed E-state index contributed by atoms with van der Waals surface area (Å²) in [7, 11) is 0. The van der Waals surface area contributed by atoms with Crippen LogP contribution in [0.3, 0.4) is 0 Å². The number of carbonyl (C=O) groups excluding carboxylic acids is 3. The molecule has 2 aromatic carbocycles. The number of carbonyl (C=O) groups is 3. The standard InChI is InChI=1S/C29H31N5O4/c1-3-15-32-22-27(35)33-25(19-23-11-7-5-8-12-23)28(36)31(16-18-38-17-4-2)21-26(33)34(32)29(37)30-20-24-13-9-6-10-14-24/h1-2,5-14,25-26H,15-22H2,(H,30,37)/t25-,26-/m0/s1. The molecule has 9 nitrogen and oxygen atoms in total. The first-order chi connectivity index (χ1) is 18.5. The van der Waals surface area contributed by atoms with Gasteiger partial charge in [-0.15, -0.1) is 12.8 Å². The van der Waals surface area contributed by atoms with E-state index in [0.29, 0.717) is 13.0 Å². The molecular formula is C29H31N5O4. The number of fused-ring (bicyclic) bond motifs is 1. The molecule has 0 radical (unpaired) electrons. The molecule has 0 saturated carbocycles. The molecule has 0 aromatic heterocycles. The third kappa shape index (κ3) is 6.15. The Morgan fingerprint density at radius 3 is 2.34 bits per heavy atom. The highest BCUT2D eigenvalue weighted by atomic mass is 16.5. The Hall–Kier alpha value is -4.31. The monoisotopic (exact) mass is 513 g/mol. The molecule has 0 aliphatic carbocycles. The third-order valence-corrected chi connectivity index (χ3v) is 6.56. The summed E-state index contributed by atoms with van der Waals surface area (Å²) in [5, 5.41) is 6.00. The Morgan fingerprint density at radius 1 is 1.00 bits per heavy atom. The molecule has 0 unspecified atom stereocenters. The van der Waals surface area contributed by atoms with Gasteiger partial charge in [-0.2, -0.15) is 5.01 Å². The maximum atomic E-state index is 13.7. The first-order valence-corrected chi connectivity index (χ1v) is 12.5. The van der Waals surface area contributed by atoms with E-state index in [2.05, 4.69) is 17.2 Å². The second-order valence-corrected chi connectivity index (χ2v) is 9.04. The number of hydrogen-bond donors (Lipinski definition) is 1. The second kappa shape index (κ2) is 12.8. The number of piperazine rings is 1. The molecule has 2 aliphatic rings. The summed E-state index contributed by atoms with van der Waals surface area (Å²) in [6.07, 6.45) is 10.5. The molecule has 9 heteroatoms. The molecule has 2 fully saturated rings. The molecular weight excluding hydrogens is 482 g/mol. The lowest BCUT2D eigenvalue weighted by Crippen LogP contribution is -2.76. The quantitative estimate of drug-likeness (QED) is 0.404. The fourth-order valence-electron chi connectivity index (χ4n) is 4.84. The summed E-state index contributed by atoms with van der Waals surface area (Å²) in [5.74, 6) is 4.51. The highest BCUT2D eigenvalue weighted by Crippen LogP contribution is 2.28. The minimum atomic E-state index is -0.784. The van der Waals surface area contributed by atoms with Crippen molar-refractivity contribution in [3.8, 4) is 24.7 Å². The highest BCUT2D eigenvalue weighted by Gasteiger charge is 2.51. The van der Waals surface area contributed by atoms with E-state index in [4.69, 9.17) is 17.6 Å². The Labute approximate surface area is 223 Å². The average Bonchev–Trinajstić information content (AvgIpc) is 2.93. The largest absolute Gasteiger partial charge is 0.367 e. The van der Waals surface area contributed by atoms with Gasteiger partial charge >= 0.3 is 6.03 Å². The summed E-state index contributed by atoms with van der Waals surface area (Å²) >= 11 is 0. The molecule has 4 rings (SSSR count). The van der Waals surface area contributed by atoms with Crippen molar-refractivity contribution >= 4 is 17.8 Å². The van der Waals surface area contributed by atoms with Crippen molar-refractivity contribution in [3.05, 3.63) is 71.8 Å². The van der Waals surface area contributed by atoms with Crippen LogP contribution in [-0.2, 0) is 27.3 Å². The number of rotatable bonds is 9. The first kappa shape index (κ1) is 26.7. The number of hydrogen-bond acceptors (Lipinski definition) is 5. The first-order valence-electron chi connectivity index (χ1n) is 12.5. The Morgan fingerprint density at radius 2 is 1.68 bits per heavy atom. The van der Waals surface area contributed by atoms with Crippen LogP contribution in [0.1, 0.15) is 11.1 Å². The van der Waals surface area contributed by atoms with Crippen molar-refractivity contribution in [2.45, 2.75) is 25.2 Å². The lowest BCUT2D eigenvalue weighted by molar-refractivity contribution is -0.189. The van der Waals surface area contributed by atoms with Crippen molar-refractivity contribution in [2.24, 2.45) is 0 Å². The van der Waals surface area contributed by atoms with Crippen molar-refractivity contribution in [3.63, 3.8) is 0 Å². The fraction of sp³-hybridized carbons (Fsp3) is 0.345. The smallest absolute Gasteiger partial charge is 0.334 e. The predicted molar refractivity (Wildman–Crippen MR) is 142 cm³/mol. The lowest BCUT2D eigenvalue weighted by Gasteiger charge is -2.54. The van der Waals surface area contributed by atoms with Gasteiger partial charge in [-0.25, -0.2) is 9.80 Å². The highest BCUT2D eigenvalue weighted by molar-refractivity contribution is 5.91. The van der Waals surface area contributed by atoms with Gasteiger partial charge in [-0.05, 0) is 11.1 Å². The molecule has 38 heavy (non-hydrogen) atoms. The predicted octanol–water partition coefficient (Wildman–Crippen LogP) is 1.32. The lowest BCUT2D eigenvalue weighted by atomic mass is 9.99. The van der Waals surface area contributed by atoms with E-state index in [1.165, 1.54) is 5.01 Å². The van der Waals surface area contributed by atoms with Crippen LogP contribution in [0.15, 0.2) is 60.7 Å². The van der Waals surface area contributed by atoms with E-state index in [9.17, 15) is 14.4 Å². The molecule has 2 heterocycles. The second-order valence-electron chi connectivity index (χ2n) is 9.04. The van der Waals surface area contributed by atoms with Crippen molar-refractivity contribution in [2.75, 3.05) is 39.4 Å². The topological polar surface area (TPSA) is 85.4 Å². The van der Waals surface area contributed by atoms with Crippen LogP contribution in [0.5, 0.6) is 0 Å². The molecule has 2 saturated heterocycles. The Bertz CT molecular complexity index is 1210. The number of benzene rings is 2. The molecule has 2 aromatic rings. The zero-order valence-corrected chi connectivity index (χ0v) is 21.2. The van der Waals surface area contributed by atoms with Crippen molar-refractivity contribution in [1.82, 2.24) is 25.1 Å². The maximum absolute atomic E-state index is 13.7. The molecule has 1 N–H and O–H groups in total. The SMILES string of the molecule is C#CCOCCN1C[C@H]2N(C(=O)CN(CC#C)N2C(=O)NCc2ccccc2)[C@@H](Cc2ccccc2)C1=O. The van der Waals surface area contributed by atoms with Gasteiger partial charge in [0.1, 0.15) is 18.8 Å². The van der Waals surface area contributed by atoms with Gasteiger partial charge in [0, 0.05) is 19.5 Å². The number of nitrogens with zero attached hydrogens (tertiary/aromatic N) is 4. The molecule has 0 bridgehead atoms. The summed E-state index contributed by atoms with van der Waals surface area (Å²) in [4.78, 5) is 43.9. The zero-order valence-electron chi connectivity index (χ0n) is 21.2. The average molecular weight is 514 g/mol. The van der Waals surface area contributed by atoms with E-state index in [1.807, 2.05) is 60.7 Å². The van der Waals surface area contributed by atoms with E-state index in [1.54, 1.807) is 14.8 Å². The minimum absolute atomic E-state index is 0.0669. The molecule has 2 aliphatic heterocycles. The van der Waals surface area contributed by atoms with Crippen LogP contribution >= 0.6 is 0 Å². The van der Waals surface area contributed by atoms with E-state index < -0.39 is 18.2 Å². The Kier molecular flexibility index (Phi) is 8.99. The van der Waals surface area contributed by atoms with Gasteiger partial charge in [0.2, 0.25) is 11.8 Å². The van der Waals surface area contributed by atoms with E-state index >= 15 is 0 Å². The van der Waals surface area contributed by atoms with Crippen LogP contribution in [0.4, 0.5) is 4.79 Å². The van der Waals surface area contributed by atoms with E-state index in [-0.39, 0.29) is 51.2 Å². The number of urea groups is 1. The van der Waals surface area contributed by atoms with Crippen LogP contribution in [0.2, 0.25) is 0 Å². The number of nitrogens with one attached hydrogen (secondary N) is 1.